The molecule has 2 aromatic rings. The van der Waals surface area contributed by atoms with Crippen molar-refractivity contribution in [1.29, 1.82) is 0 Å². The standard InChI is InChI=1S/C16H12Cl4N4O2/c17-11-5-9(6-12(18)21-11)15(25)23-1-2-24(4-3-23)16(26)10-7-13(19)22-14(20)8-10/h5-8H,1-4H2. The Balaban J connectivity index is 1.67. The molecule has 0 spiro atoms. The summed E-state index contributed by atoms with van der Waals surface area (Å²) in [7, 11) is 0. The van der Waals surface area contributed by atoms with E-state index in [4.69, 9.17) is 46.4 Å². The second-order valence-corrected chi connectivity index (χ2v) is 7.14. The number of hydrogen-bond donors (Lipinski definition) is 0. The minimum Gasteiger partial charge on any atom is -0.335 e. The SMILES string of the molecule is O=C(c1cc(Cl)nc(Cl)c1)N1CCN(C(=O)c2cc(Cl)nc(Cl)c2)CC1. The van der Waals surface area contributed by atoms with Crippen LogP contribution in [0.3, 0.4) is 0 Å². The van der Waals surface area contributed by atoms with Gasteiger partial charge in [-0.05, 0) is 24.3 Å². The molecule has 3 heterocycles. The third-order valence-corrected chi connectivity index (χ3v) is 4.65. The fourth-order valence-corrected chi connectivity index (χ4v) is 3.58. The van der Waals surface area contributed by atoms with Gasteiger partial charge in [0, 0.05) is 37.3 Å². The van der Waals surface area contributed by atoms with Crippen molar-refractivity contribution in [3.05, 3.63) is 56.0 Å². The topological polar surface area (TPSA) is 66.4 Å². The largest absolute Gasteiger partial charge is 0.335 e. The van der Waals surface area contributed by atoms with Gasteiger partial charge < -0.3 is 9.80 Å². The van der Waals surface area contributed by atoms with Gasteiger partial charge in [-0.15, -0.1) is 0 Å². The average Bonchev–Trinajstić information content (AvgIpc) is 2.59. The van der Waals surface area contributed by atoms with Crippen LogP contribution >= 0.6 is 46.4 Å². The molecule has 0 atom stereocenters. The molecule has 0 radical (unpaired) electrons. The molecule has 1 aliphatic heterocycles. The maximum absolute atomic E-state index is 12.6. The molecule has 0 N–H and O–H groups in total. The van der Waals surface area contributed by atoms with Gasteiger partial charge >= 0.3 is 0 Å². The van der Waals surface area contributed by atoms with E-state index in [0.29, 0.717) is 37.3 Å². The summed E-state index contributed by atoms with van der Waals surface area (Å²) in [4.78, 5) is 36.1. The van der Waals surface area contributed by atoms with Crippen molar-refractivity contribution in [2.75, 3.05) is 26.2 Å². The monoisotopic (exact) mass is 432 g/mol. The molecule has 1 fully saturated rings. The van der Waals surface area contributed by atoms with Crippen molar-refractivity contribution in [3.63, 3.8) is 0 Å². The van der Waals surface area contributed by atoms with E-state index < -0.39 is 0 Å². The van der Waals surface area contributed by atoms with Crippen LogP contribution < -0.4 is 0 Å². The van der Waals surface area contributed by atoms with E-state index in [1.54, 1.807) is 9.80 Å². The van der Waals surface area contributed by atoms with Crippen LogP contribution in [-0.2, 0) is 0 Å². The third-order valence-electron chi connectivity index (χ3n) is 3.87. The lowest BCUT2D eigenvalue weighted by atomic mass is 10.2. The van der Waals surface area contributed by atoms with Crippen LogP contribution in [0.5, 0.6) is 0 Å². The number of carbonyl (C=O) groups excluding carboxylic acids is 2. The molecule has 6 nitrogen and oxygen atoms in total. The van der Waals surface area contributed by atoms with Gasteiger partial charge in [0.25, 0.3) is 11.8 Å². The second-order valence-electron chi connectivity index (χ2n) is 5.59. The van der Waals surface area contributed by atoms with E-state index in [0.717, 1.165) is 0 Å². The summed E-state index contributed by atoms with van der Waals surface area (Å²) in [5.41, 5.74) is 0.727. The van der Waals surface area contributed by atoms with Crippen LogP contribution in [-0.4, -0.2) is 57.8 Å². The molecule has 26 heavy (non-hydrogen) atoms. The van der Waals surface area contributed by atoms with E-state index >= 15 is 0 Å². The van der Waals surface area contributed by atoms with Crippen molar-refractivity contribution < 1.29 is 9.59 Å². The molecule has 1 saturated heterocycles. The Morgan fingerprint density at radius 2 is 0.923 bits per heavy atom. The lowest BCUT2D eigenvalue weighted by molar-refractivity contribution is 0.0535. The predicted octanol–water partition coefficient (Wildman–Crippen LogP) is 3.69. The van der Waals surface area contributed by atoms with Crippen molar-refractivity contribution >= 4 is 58.2 Å². The molecule has 0 aromatic carbocycles. The minimum absolute atomic E-state index is 0.154. The number of rotatable bonds is 2. The highest BCUT2D eigenvalue weighted by molar-refractivity contribution is 6.33. The summed E-state index contributed by atoms with van der Waals surface area (Å²) < 4.78 is 0. The number of halogens is 4. The van der Waals surface area contributed by atoms with Gasteiger partial charge in [0.05, 0.1) is 0 Å². The van der Waals surface area contributed by atoms with E-state index in [1.165, 1.54) is 24.3 Å². The highest BCUT2D eigenvalue weighted by Gasteiger charge is 2.26. The fourth-order valence-electron chi connectivity index (χ4n) is 2.65. The van der Waals surface area contributed by atoms with Crippen LogP contribution in [0.1, 0.15) is 20.7 Å². The molecular weight excluding hydrogens is 422 g/mol. The Morgan fingerprint density at radius 1 is 0.654 bits per heavy atom. The Bertz CT molecular complexity index is 757. The number of nitrogens with zero attached hydrogens (tertiary/aromatic N) is 4. The molecule has 10 heteroatoms. The predicted molar refractivity (Wildman–Crippen MR) is 100 cm³/mol. The van der Waals surface area contributed by atoms with E-state index in [-0.39, 0.29) is 32.4 Å². The summed E-state index contributed by atoms with van der Waals surface area (Å²) in [5, 5.41) is 0.615. The maximum atomic E-state index is 12.6. The van der Waals surface area contributed by atoms with Gasteiger partial charge in [0.2, 0.25) is 0 Å². The first-order valence-corrected chi connectivity index (χ1v) is 9.09. The zero-order valence-corrected chi connectivity index (χ0v) is 16.3. The zero-order chi connectivity index (χ0) is 18.8. The summed E-state index contributed by atoms with van der Waals surface area (Å²) in [6.45, 7) is 1.53. The van der Waals surface area contributed by atoms with E-state index in [2.05, 4.69) is 9.97 Å². The van der Waals surface area contributed by atoms with E-state index in [9.17, 15) is 9.59 Å². The third kappa shape index (κ3) is 4.38. The molecular formula is C16H12Cl4N4O2. The van der Waals surface area contributed by atoms with Crippen LogP contribution in [0.25, 0.3) is 0 Å². The smallest absolute Gasteiger partial charge is 0.254 e. The summed E-state index contributed by atoms with van der Waals surface area (Å²) >= 11 is 23.4. The molecule has 2 amide bonds. The van der Waals surface area contributed by atoms with E-state index in [1.807, 2.05) is 0 Å². The van der Waals surface area contributed by atoms with Crippen LogP contribution in [0.15, 0.2) is 24.3 Å². The van der Waals surface area contributed by atoms with Crippen molar-refractivity contribution in [2.45, 2.75) is 0 Å². The van der Waals surface area contributed by atoms with Gasteiger partial charge in [-0.25, -0.2) is 9.97 Å². The lowest BCUT2D eigenvalue weighted by Gasteiger charge is -2.35. The Labute approximate surface area is 169 Å². The van der Waals surface area contributed by atoms with Crippen LogP contribution in [0.2, 0.25) is 20.6 Å². The zero-order valence-electron chi connectivity index (χ0n) is 13.3. The number of carbonyl (C=O) groups is 2. The molecule has 0 bridgehead atoms. The average molecular weight is 434 g/mol. The molecule has 0 unspecified atom stereocenters. The summed E-state index contributed by atoms with van der Waals surface area (Å²) in [5.74, 6) is -0.420. The van der Waals surface area contributed by atoms with Crippen molar-refractivity contribution in [1.82, 2.24) is 19.8 Å². The minimum atomic E-state index is -0.210. The van der Waals surface area contributed by atoms with Gasteiger partial charge in [0.1, 0.15) is 20.6 Å². The maximum Gasteiger partial charge on any atom is 0.254 e. The van der Waals surface area contributed by atoms with Crippen LogP contribution in [0, 0.1) is 0 Å². The highest BCUT2D eigenvalue weighted by atomic mass is 35.5. The molecule has 136 valence electrons. The molecule has 0 aliphatic carbocycles. The molecule has 1 aliphatic rings. The van der Waals surface area contributed by atoms with Crippen molar-refractivity contribution in [3.8, 4) is 0 Å². The number of pyridine rings is 2. The quantitative estimate of drug-likeness (QED) is 0.677. The number of amides is 2. The molecule has 3 rings (SSSR count). The van der Waals surface area contributed by atoms with Gasteiger partial charge in [-0.2, -0.15) is 0 Å². The number of aromatic nitrogens is 2. The van der Waals surface area contributed by atoms with Gasteiger partial charge in [-0.1, -0.05) is 46.4 Å². The normalized spacial score (nSPS) is 14.5. The Hall–Kier alpha value is -1.60. The summed E-state index contributed by atoms with van der Waals surface area (Å²) in [6, 6.07) is 5.87. The van der Waals surface area contributed by atoms with Gasteiger partial charge in [-0.3, -0.25) is 9.59 Å². The second kappa shape index (κ2) is 7.96. The first kappa shape index (κ1) is 19.2. The first-order valence-electron chi connectivity index (χ1n) is 7.58. The first-order chi connectivity index (χ1) is 12.3. The number of hydrogen-bond acceptors (Lipinski definition) is 4. The lowest BCUT2D eigenvalue weighted by Crippen LogP contribution is -2.50. The fraction of sp³-hybridized carbons (Fsp3) is 0.250. The van der Waals surface area contributed by atoms with Crippen LogP contribution in [0.4, 0.5) is 0 Å². The Kier molecular flexibility index (Phi) is 5.87. The summed E-state index contributed by atoms with van der Waals surface area (Å²) in [6.07, 6.45) is 0. The number of piperazine rings is 1. The van der Waals surface area contributed by atoms with Gasteiger partial charge in [0.15, 0.2) is 0 Å². The highest BCUT2D eigenvalue weighted by Crippen LogP contribution is 2.19. The van der Waals surface area contributed by atoms with Crippen molar-refractivity contribution in [2.24, 2.45) is 0 Å². The Morgan fingerprint density at radius 3 is 1.19 bits per heavy atom. The molecule has 2 aromatic heterocycles. The molecule has 0 saturated carbocycles.